The predicted octanol–water partition coefficient (Wildman–Crippen LogP) is 0.867. The Morgan fingerprint density at radius 2 is 2.21 bits per heavy atom. The van der Waals surface area contributed by atoms with Crippen LogP contribution in [0.1, 0.15) is 33.0 Å². The second-order valence-corrected chi connectivity index (χ2v) is 7.11. The summed E-state index contributed by atoms with van der Waals surface area (Å²) in [5.74, 6) is -0.166. The Labute approximate surface area is 168 Å². The molecule has 0 aliphatic carbocycles. The molecule has 0 radical (unpaired) electrons. The number of fused-ring (bicyclic) bond motifs is 1. The number of hydrogen-bond donors (Lipinski definition) is 2. The second-order valence-electron chi connectivity index (χ2n) is 7.11. The van der Waals surface area contributed by atoms with E-state index in [1.807, 2.05) is 31.3 Å². The Morgan fingerprint density at radius 1 is 1.31 bits per heavy atom. The van der Waals surface area contributed by atoms with Crippen molar-refractivity contribution in [2.24, 2.45) is 0 Å². The van der Waals surface area contributed by atoms with Gasteiger partial charge in [0.2, 0.25) is 5.91 Å². The van der Waals surface area contributed by atoms with Crippen molar-refractivity contribution in [2.45, 2.75) is 32.9 Å². The molecule has 4 heterocycles. The van der Waals surface area contributed by atoms with Crippen molar-refractivity contribution in [3.05, 3.63) is 65.0 Å². The highest BCUT2D eigenvalue weighted by atomic mass is 16.2. The number of rotatable bonds is 6. The Morgan fingerprint density at radius 3 is 2.97 bits per heavy atom. The van der Waals surface area contributed by atoms with Crippen LogP contribution in [0.25, 0.3) is 0 Å². The largest absolute Gasteiger partial charge is 0.349 e. The third-order valence-corrected chi connectivity index (χ3v) is 4.98. The van der Waals surface area contributed by atoms with Crippen LogP contribution in [-0.4, -0.2) is 54.8 Å². The highest BCUT2D eigenvalue weighted by molar-refractivity contribution is 5.94. The summed E-state index contributed by atoms with van der Waals surface area (Å²) in [5.41, 5.74) is 3.96. The van der Waals surface area contributed by atoms with Crippen LogP contribution in [0.3, 0.4) is 0 Å². The number of carbonyl (C=O) groups excluding carboxylic acids is 2. The molecule has 0 saturated carbocycles. The molecular formula is C20H23N7O2. The van der Waals surface area contributed by atoms with Crippen LogP contribution in [-0.2, 0) is 30.7 Å². The van der Waals surface area contributed by atoms with Crippen LogP contribution in [0.2, 0.25) is 0 Å². The highest BCUT2D eigenvalue weighted by Crippen LogP contribution is 2.21. The van der Waals surface area contributed by atoms with Crippen molar-refractivity contribution in [3.8, 4) is 0 Å². The number of carbonyl (C=O) groups is 2. The fourth-order valence-corrected chi connectivity index (χ4v) is 3.46. The topological polar surface area (TPSA) is 109 Å². The maximum absolute atomic E-state index is 12.6. The van der Waals surface area contributed by atoms with Crippen LogP contribution >= 0.6 is 0 Å². The average molecular weight is 393 g/mol. The zero-order valence-corrected chi connectivity index (χ0v) is 16.3. The lowest BCUT2D eigenvalue weighted by Crippen LogP contribution is -2.37. The lowest BCUT2D eigenvalue weighted by molar-refractivity contribution is -0.131. The van der Waals surface area contributed by atoms with E-state index in [0.717, 1.165) is 22.5 Å². The predicted molar refractivity (Wildman–Crippen MR) is 105 cm³/mol. The molecule has 3 aromatic heterocycles. The first-order chi connectivity index (χ1) is 14.1. The number of hydrogen-bond acceptors (Lipinski definition) is 5. The number of aromatic amines is 1. The van der Waals surface area contributed by atoms with Crippen LogP contribution in [0.5, 0.6) is 0 Å². The van der Waals surface area contributed by atoms with E-state index in [1.54, 1.807) is 22.0 Å². The molecule has 2 N–H and O–H groups in total. The van der Waals surface area contributed by atoms with Crippen molar-refractivity contribution in [1.29, 1.82) is 0 Å². The summed E-state index contributed by atoms with van der Waals surface area (Å²) in [4.78, 5) is 30.9. The first-order valence-electron chi connectivity index (χ1n) is 9.61. The normalized spacial score (nSPS) is 13.2. The molecule has 2 amide bonds. The van der Waals surface area contributed by atoms with Gasteiger partial charge in [0.25, 0.3) is 5.91 Å². The molecule has 9 nitrogen and oxygen atoms in total. The molecule has 9 heteroatoms. The van der Waals surface area contributed by atoms with Crippen LogP contribution in [0.4, 0.5) is 0 Å². The Kier molecular flexibility index (Phi) is 5.37. The molecule has 29 heavy (non-hydrogen) atoms. The Hall–Kier alpha value is -3.49. The molecule has 3 aromatic rings. The van der Waals surface area contributed by atoms with Gasteiger partial charge in [0.15, 0.2) is 5.69 Å². The fraction of sp³-hybridized carbons (Fsp3) is 0.350. The van der Waals surface area contributed by atoms with Crippen LogP contribution < -0.4 is 5.32 Å². The fourth-order valence-electron chi connectivity index (χ4n) is 3.46. The zero-order chi connectivity index (χ0) is 20.2. The van der Waals surface area contributed by atoms with Gasteiger partial charge < -0.3 is 10.2 Å². The third kappa shape index (κ3) is 4.34. The number of H-pyrrole nitrogens is 1. The number of aromatic nitrogens is 5. The maximum atomic E-state index is 12.6. The van der Waals surface area contributed by atoms with Gasteiger partial charge >= 0.3 is 0 Å². The maximum Gasteiger partial charge on any atom is 0.272 e. The molecule has 1 aliphatic rings. The summed E-state index contributed by atoms with van der Waals surface area (Å²) in [6, 6.07) is 5.64. The van der Waals surface area contributed by atoms with Crippen molar-refractivity contribution >= 4 is 11.8 Å². The minimum atomic E-state index is -0.207. The van der Waals surface area contributed by atoms with E-state index in [9.17, 15) is 9.59 Å². The van der Waals surface area contributed by atoms with Gasteiger partial charge in [-0.1, -0.05) is 6.07 Å². The minimum absolute atomic E-state index is 0.0405. The molecule has 0 saturated heterocycles. The second kappa shape index (κ2) is 8.26. The summed E-state index contributed by atoms with van der Waals surface area (Å²) in [6.07, 6.45) is 6.20. The SMILES string of the molecule is Cc1ccn(CCNC(=O)c2n[nH]c3c2CCN(C(=O)Cc2cccnc2)C3)n1. The summed E-state index contributed by atoms with van der Waals surface area (Å²) >= 11 is 0. The lowest BCUT2D eigenvalue weighted by Gasteiger charge is -2.27. The van der Waals surface area contributed by atoms with Gasteiger partial charge in [0.1, 0.15) is 0 Å². The van der Waals surface area contributed by atoms with E-state index in [0.29, 0.717) is 44.7 Å². The number of amides is 2. The molecule has 0 unspecified atom stereocenters. The first-order valence-corrected chi connectivity index (χ1v) is 9.61. The van der Waals surface area contributed by atoms with E-state index in [2.05, 4.69) is 25.6 Å². The van der Waals surface area contributed by atoms with E-state index >= 15 is 0 Å². The van der Waals surface area contributed by atoms with E-state index in [1.165, 1.54) is 0 Å². The number of pyridine rings is 1. The van der Waals surface area contributed by atoms with Gasteiger partial charge in [0, 0.05) is 37.2 Å². The van der Waals surface area contributed by atoms with Gasteiger partial charge in [-0.3, -0.25) is 24.4 Å². The zero-order valence-electron chi connectivity index (χ0n) is 16.3. The Balaban J connectivity index is 1.34. The van der Waals surface area contributed by atoms with E-state index < -0.39 is 0 Å². The summed E-state index contributed by atoms with van der Waals surface area (Å²) in [7, 11) is 0. The molecule has 0 aromatic carbocycles. The van der Waals surface area contributed by atoms with Crippen molar-refractivity contribution in [1.82, 2.24) is 35.2 Å². The van der Waals surface area contributed by atoms with Gasteiger partial charge in [0.05, 0.1) is 30.9 Å². The minimum Gasteiger partial charge on any atom is -0.349 e. The molecule has 0 bridgehead atoms. The molecule has 0 spiro atoms. The average Bonchev–Trinajstić information content (AvgIpc) is 3.34. The van der Waals surface area contributed by atoms with Crippen molar-refractivity contribution < 1.29 is 9.59 Å². The van der Waals surface area contributed by atoms with Gasteiger partial charge in [-0.05, 0) is 31.0 Å². The highest BCUT2D eigenvalue weighted by Gasteiger charge is 2.27. The van der Waals surface area contributed by atoms with Crippen LogP contribution in [0, 0.1) is 6.92 Å². The molecular weight excluding hydrogens is 370 g/mol. The van der Waals surface area contributed by atoms with E-state index in [-0.39, 0.29) is 11.8 Å². The number of nitrogens with zero attached hydrogens (tertiary/aromatic N) is 5. The van der Waals surface area contributed by atoms with Gasteiger partial charge in [-0.2, -0.15) is 10.2 Å². The summed E-state index contributed by atoms with van der Waals surface area (Å²) < 4.78 is 1.79. The van der Waals surface area contributed by atoms with Gasteiger partial charge in [-0.15, -0.1) is 0 Å². The van der Waals surface area contributed by atoms with Crippen LogP contribution in [0.15, 0.2) is 36.8 Å². The molecule has 0 atom stereocenters. The smallest absolute Gasteiger partial charge is 0.272 e. The first kappa shape index (κ1) is 18.9. The van der Waals surface area contributed by atoms with Crippen molar-refractivity contribution in [3.63, 3.8) is 0 Å². The quantitative estimate of drug-likeness (QED) is 0.646. The molecule has 150 valence electrons. The lowest BCUT2D eigenvalue weighted by atomic mass is 10.0. The third-order valence-electron chi connectivity index (χ3n) is 4.98. The summed E-state index contributed by atoms with van der Waals surface area (Å²) in [5, 5.41) is 14.3. The molecule has 0 fully saturated rings. The van der Waals surface area contributed by atoms with E-state index in [4.69, 9.17) is 0 Å². The molecule has 4 rings (SSSR count). The standard InChI is InChI=1S/C20H23N7O2/c1-14-4-9-27(25-14)10-7-22-20(29)19-16-5-8-26(13-17(16)23-24-19)18(28)11-15-3-2-6-21-12-15/h2-4,6,9,12H,5,7-8,10-11,13H2,1H3,(H,22,29)(H,23,24). The number of aryl methyl sites for hydroxylation is 1. The van der Waals surface area contributed by atoms with Gasteiger partial charge in [-0.25, -0.2) is 0 Å². The van der Waals surface area contributed by atoms with Crippen molar-refractivity contribution in [2.75, 3.05) is 13.1 Å². The molecule has 1 aliphatic heterocycles. The summed E-state index contributed by atoms with van der Waals surface area (Å²) in [6.45, 7) is 4.00. The Bertz CT molecular complexity index is 1010. The number of nitrogens with one attached hydrogen (secondary N) is 2. The monoisotopic (exact) mass is 393 g/mol.